The van der Waals surface area contributed by atoms with E-state index >= 15 is 0 Å². The molecule has 1 aromatic heterocycles. The highest BCUT2D eigenvalue weighted by Gasteiger charge is 2.37. The number of nitrogens with zero attached hydrogens (tertiary/aromatic N) is 1. The van der Waals surface area contributed by atoms with Crippen LogP contribution in [0.5, 0.6) is 0 Å². The van der Waals surface area contributed by atoms with Gasteiger partial charge in [0.2, 0.25) is 15.9 Å². The van der Waals surface area contributed by atoms with Crippen molar-refractivity contribution < 1.29 is 17.6 Å². The number of carbonyl (C=O) groups excluding carboxylic acids is 1. The third kappa shape index (κ3) is 4.05. The second-order valence-electron chi connectivity index (χ2n) is 5.88. The molecule has 1 N–H and O–H groups in total. The van der Waals surface area contributed by atoms with Crippen LogP contribution in [0.4, 0.5) is 0 Å². The molecule has 6 nitrogen and oxygen atoms in total. The molecule has 8 heteroatoms. The van der Waals surface area contributed by atoms with Gasteiger partial charge >= 0.3 is 0 Å². The van der Waals surface area contributed by atoms with Crippen molar-refractivity contribution in [1.82, 2.24) is 9.62 Å². The van der Waals surface area contributed by atoms with Crippen molar-refractivity contribution >= 4 is 27.5 Å². The summed E-state index contributed by atoms with van der Waals surface area (Å²) in [5.74, 6) is 0.310. The molecule has 1 aliphatic rings. The molecule has 134 valence electrons. The summed E-state index contributed by atoms with van der Waals surface area (Å²) in [6, 6.07) is 8.76. The van der Waals surface area contributed by atoms with E-state index in [-0.39, 0.29) is 17.3 Å². The van der Waals surface area contributed by atoms with Gasteiger partial charge in [-0.15, -0.1) is 0 Å². The second kappa shape index (κ2) is 7.59. The van der Waals surface area contributed by atoms with Crippen LogP contribution >= 0.6 is 11.6 Å². The van der Waals surface area contributed by atoms with Crippen molar-refractivity contribution in [2.45, 2.75) is 36.7 Å². The van der Waals surface area contributed by atoms with Gasteiger partial charge in [-0.2, -0.15) is 4.31 Å². The fourth-order valence-electron chi connectivity index (χ4n) is 2.90. The van der Waals surface area contributed by atoms with Crippen molar-refractivity contribution in [2.24, 2.45) is 0 Å². The number of piperidine rings is 1. The van der Waals surface area contributed by atoms with Crippen molar-refractivity contribution in [1.29, 1.82) is 0 Å². The van der Waals surface area contributed by atoms with Crippen molar-refractivity contribution in [3.05, 3.63) is 53.4 Å². The predicted molar refractivity (Wildman–Crippen MR) is 93.5 cm³/mol. The van der Waals surface area contributed by atoms with E-state index in [0.29, 0.717) is 23.7 Å². The maximum atomic E-state index is 12.9. The van der Waals surface area contributed by atoms with E-state index in [9.17, 15) is 13.2 Å². The van der Waals surface area contributed by atoms with E-state index in [4.69, 9.17) is 16.0 Å². The quantitative estimate of drug-likeness (QED) is 0.862. The monoisotopic (exact) mass is 382 g/mol. The van der Waals surface area contributed by atoms with Gasteiger partial charge in [-0.1, -0.05) is 18.0 Å². The Labute approximate surface area is 151 Å². The van der Waals surface area contributed by atoms with Crippen molar-refractivity contribution in [2.75, 3.05) is 6.54 Å². The predicted octanol–water partition coefficient (Wildman–Crippen LogP) is 2.79. The number of carbonyl (C=O) groups is 1. The van der Waals surface area contributed by atoms with Crippen LogP contribution in [-0.2, 0) is 21.4 Å². The maximum absolute atomic E-state index is 12.9. The van der Waals surface area contributed by atoms with E-state index in [1.54, 1.807) is 12.1 Å². The normalized spacial score (nSPS) is 18.8. The van der Waals surface area contributed by atoms with Gasteiger partial charge in [-0.3, -0.25) is 4.79 Å². The molecular formula is C17H19ClN2O4S. The Morgan fingerprint density at radius 3 is 2.68 bits per heavy atom. The lowest BCUT2D eigenvalue weighted by Crippen LogP contribution is -2.51. The molecule has 0 spiro atoms. The number of halogens is 1. The van der Waals surface area contributed by atoms with E-state index in [1.807, 2.05) is 0 Å². The third-order valence-corrected chi connectivity index (χ3v) is 6.37. The Morgan fingerprint density at radius 2 is 2.00 bits per heavy atom. The first-order chi connectivity index (χ1) is 12.0. The Hall–Kier alpha value is -1.83. The molecule has 0 saturated carbocycles. The topological polar surface area (TPSA) is 79.6 Å². The molecule has 0 aliphatic carbocycles. The summed E-state index contributed by atoms with van der Waals surface area (Å²) in [5.41, 5.74) is 0. The molecule has 1 amide bonds. The van der Waals surface area contributed by atoms with Crippen molar-refractivity contribution in [3.63, 3.8) is 0 Å². The minimum absolute atomic E-state index is 0.141. The maximum Gasteiger partial charge on any atom is 0.243 e. The largest absolute Gasteiger partial charge is 0.467 e. The number of rotatable bonds is 5. The highest BCUT2D eigenvalue weighted by atomic mass is 35.5. The summed E-state index contributed by atoms with van der Waals surface area (Å²) < 4.78 is 32.3. The summed E-state index contributed by atoms with van der Waals surface area (Å²) in [4.78, 5) is 12.7. The summed E-state index contributed by atoms with van der Waals surface area (Å²) in [5, 5.41) is 3.22. The molecule has 3 rings (SSSR count). The van der Waals surface area contributed by atoms with Gasteiger partial charge in [-0.05, 0) is 49.2 Å². The van der Waals surface area contributed by atoms with Gasteiger partial charge in [0.25, 0.3) is 0 Å². The van der Waals surface area contributed by atoms with Gasteiger partial charge < -0.3 is 9.73 Å². The number of nitrogens with one attached hydrogen (secondary N) is 1. The van der Waals surface area contributed by atoms with Crippen molar-refractivity contribution in [3.8, 4) is 0 Å². The van der Waals surface area contributed by atoms with Crippen LogP contribution < -0.4 is 5.32 Å². The first-order valence-electron chi connectivity index (χ1n) is 8.06. The van der Waals surface area contributed by atoms with Gasteiger partial charge in [0.15, 0.2) is 0 Å². The molecule has 1 saturated heterocycles. The Morgan fingerprint density at radius 1 is 1.24 bits per heavy atom. The van der Waals surface area contributed by atoms with Crippen LogP contribution in [-0.4, -0.2) is 31.2 Å². The summed E-state index contributed by atoms with van der Waals surface area (Å²) >= 11 is 5.84. The van der Waals surface area contributed by atoms with E-state index in [0.717, 1.165) is 12.8 Å². The van der Waals surface area contributed by atoms with E-state index < -0.39 is 16.1 Å². The molecular weight excluding hydrogens is 364 g/mol. The number of benzene rings is 1. The highest BCUT2D eigenvalue weighted by Crippen LogP contribution is 2.26. The lowest BCUT2D eigenvalue weighted by atomic mass is 10.0. The van der Waals surface area contributed by atoms with Crippen LogP contribution in [0.1, 0.15) is 25.0 Å². The molecule has 2 aromatic rings. The van der Waals surface area contributed by atoms with Crippen LogP contribution in [0.2, 0.25) is 5.02 Å². The van der Waals surface area contributed by atoms with Crippen LogP contribution in [0, 0.1) is 0 Å². The van der Waals surface area contributed by atoms with Gasteiger partial charge in [-0.25, -0.2) is 8.42 Å². The van der Waals surface area contributed by atoms with E-state index in [2.05, 4.69) is 5.32 Å². The Kier molecular flexibility index (Phi) is 5.46. The standard InChI is InChI=1S/C17H19ClN2O4S/c18-13-6-8-15(9-7-13)25(22,23)20-10-2-1-5-16(20)17(21)19-12-14-4-3-11-24-14/h3-4,6-9,11,16H,1-2,5,10,12H2,(H,19,21). The molecule has 1 aromatic carbocycles. The van der Waals surface area contributed by atoms with E-state index in [1.165, 1.54) is 34.8 Å². The minimum Gasteiger partial charge on any atom is -0.467 e. The van der Waals surface area contributed by atoms with Gasteiger partial charge in [0.1, 0.15) is 11.8 Å². The second-order valence-corrected chi connectivity index (χ2v) is 8.21. The zero-order valence-corrected chi connectivity index (χ0v) is 15.1. The summed E-state index contributed by atoms with van der Waals surface area (Å²) in [7, 11) is -3.75. The summed E-state index contributed by atoms with van der Waals surface area (Å²) in [6.07, 6.45) is 3.57. The average molecular weight is 383 g/mol. The molecule has 2 heterocycles. The van der Waals surface area contributed by atoms with Crippen LogP contribution in [0.25, 0.3) is 0 Å². The lowest BCUT2D eigenvalue weighted by Gasteiger charge is -2.33. The fourth-order valence-corrected chi connectivity index (χ4v) is 4.68. The SMILES string of the molecule is O=C(NCc1ccco1)C1CCCCN1S(=O)(=O)c1ccc(Cl)cc1. The molecule has 1 aliphatic heterocycles. The number of amides is 1. The number of furan rings is 1. The van der Waals surface area contributed by atoms with Crippen LogP contribution in [0.15, 0.2) is 52.0 Å². The average Bonchev–Trinajstić information content (AvgIpc) is 3.13. The zero-order chi connectivity index (χ0) is 17.9. The molecule has 1 atom stereocenters. The molecule has 0 radical (unpaired) electrons. The van der Waals surface area contributed by atoms with Gasteiger partial charge in [0, 0.05) is 11.6 Å². The molecule has 1 fully saturated rings. The fraction of sp³-hybridized carbons (Fsp3) is 0.353. The Balaban J connectivity index is 1.77. The number of hydrogen-bond donors (Lipinski definition) is 1. The third-order valence-electron chi connectivity index (χ3n) is 4.19. The summed E-state index contributed by atoms with van der Waals surface area (Å²) in [6.45, 7) is 0.557. The smallest absolute Gasteiger partial charge is 0.243 e. The zero-order valence-electron chi connectivity index (χ0n) is 13.5. The number of sulfonamides is 1. The molecule has 1 unspecified atom stereocenters. The highest BCUT2D eigenvalue weighted by molar-refractivity contribution is 7.89. The number of hydrogen-bond acceptors (Lipinski definition) is 4. The first-order valence-corrected chi connectivity index (χ1v) is 9.88. The first kappa shape index (κ1) is 18.0. The lowest BCUT2D eigenvalue weighted by molar-refractivity contribution is -0.125. The Bertz CT molecular complexity index is 819. The van der Waals surface area contributed by atoms with Gasteiger partial charge in [0.05, 0.1) is 17.7 Å². The molecule has 0 bridgehead atoms. The molecule has 25 heavy (non-hydrogen) atoms. The van der Waals surface area contributed by atoms with Crippen LogP contribution in [0.3, 0.4) is 0 Å². The minimum atomic E-state index is -3.75.